The number of hydrogen-bond acceptors (Lipinski definition) is 7. The molecule has 43 heavy (non-hydrogen) atoms. The predicted molar refractivity (Wildman–Crippen MR) is 182 cm³/mol. The van der Waals surface area contributed by atoms with E-state index in [1.54, 1.807) is 6.20 Å². The van der Waals surface area contributed by atoms with Gasteiger partial charge in [-0.05, 0) is 75.6 Å². The standard InChI is InChI=1S/C33H38ClN7.C2H6/c1-20-18-35-16-14-28(20)39-33-30-26(23-10-11-23)12-15-36-19-29(30)40-32(41-33)24-13-17-37-31(21(24)2)38-22(3)25-8-6-4-5-7-9-27(25)34;1-2/h4-6,8,13,15,17,19-20,23,28,35H,3,7,9-12,14,16,18H2,1-2H3,(H,37,38)(H,39,40,41);1-2H3/b5-4?,8-6-,27-25-;. The minimum absolute atomic E-state index is 0.344. The SMILES string of the molecule is C=C(Nc1nccc(-c2nc(NC3CCNCC3C)c3c(n2)=CN=CCC=3C2CC2)c1C)C1=C(\Cl)CCC=C/C=C\1.CC. The molecule has 2 aliphatic carbocycles. The summed E-state index contributed by atoms with van der Waals surface area (Å²) >= 11 is 6.64. The molecule has 1 saturated heterocycles. The molecule has 0 bridgehead atoms. The molecule has 2 atom stereocenters. The number of aromatic nitrogens is 3. The zero-order valence-corrected chi connectivity index (χ0v) is 26.6. The molecular formula is C35H44ClN7. The van der Waals surface area contributed by atoms with Crippen molar-refractivity contribution in [3.63, 3.8) is 0 Å². The number of nitrogens with zero attached hydrogens (tertiary/aromatic N) is 4. The zero-order chi connectivity index (χ0) is 30.3. The van der Waals surface area contributed by atoms with Gasteiger partial charge in [0.05, 0.1) is 11.5 Å². The van der Waals surface area contributed by atoms with Gasteiger partial charge >= 0.3 is 0 Å². The van der Waals surface area contributed by atoms with Crippen molar-refractivity contribution in [3.05, 3.63) is 75.6 Å². The number of anilines is 2. The predicted octanol–water partition coefficient (Wildman–Crippen LogP) is 6.38. The van der Waals surface area contributed by atoms with Crippen LogP contribution in [-0.4, -0.2) is 40.3 Å². The van der Waals surface area contributed by atoms with Crippen molar-refractivity contribution in [2.75, 3.05) is 23.7 Å². The van der Waals surface area contributed by atoms with E-state index in [0.717, 1.165) is 76.9 Å². The molecule has 2 aromatic rings. The topological polar surface area (TPSA) is 87.1 Å². The van der Waals surface area contributed by atoms with E-state index in [-0.39, 0.29) is 0 Å². The number of halogens is 1. The van der Waals surface area contributed by atoms with Gasteiger partial charge in [-0.3, -0.25) is 4.99 Å². The molecule has 6 rings (SSSR count). The summed E-state index contributed by atoms with van der Waals surface area (Å²) in [6, 6.07) is 2.33. The average Bonchev–Trinajstić information content (AvgIpc) is 3.85. The number of aliphatic imine (C=N–C) groups is 1. The fourth-order valence-corrected chi connectivity index (χ4v) is 6.12. The molecule has 1 saturated carbocycles. The van der Waals surface area contributed by atoms with Gasteiger partial charge in [0.25, 0.3) is 0 Å². The first-order chi connectivity index (χ1) is 21.0. The highest BCUT2D eigenvalue weighted by atomic mass is 35.5. The number of allylic oxidation sites excluding steroid dienone is 5. The van der Waals surface area contributed by atoms with Gasteiger partial charge in [-0.15, -0.1) is 0 Å². The molecule has 7 nitrogen and oxygen atoms in total. The van der Waals surface area contributed by atoms with Gasteiger partial charge in [0, 0.05) is 57.5 Å². The highest BCUT2D eigenvalue weighted by molar-refractivity contribution is 6.30. The normalized spacial score (nSPS) is 23.9. The van der Waals surface area contributed by atoms with Crippen LogP contribution in [0.3, 0.4) is 0 Å². The van der Waals surface area contributed by atoms with Crippen LogP contribution in [0.2, 0.25) is 0 Å². The summed E-state index contributed by atoms with van der Waals surface area (Å²) in [7, 11) is 0. The monoisotopic (exact) mass is 597 g/mol. The Hall–Kier alpha value is -3.55. The van der Waals surface area contributed by atoms with Crippen molar-refractivity contribution in [2.45, 2.75) is 72.3 Å². The number of pyridine rings is 1. The molecule has 2 aromatic heterocycles. The van der Waals surface area contributed by atoms with Gasteiger partial charge in [0.1, 0.15) is 11.6 Å². The number of fused-ring (bicyclic) bond motifs is 1. The first kappa shape index (κ1) is 30.9. The summed E-state index contributed by atoms with van der Waals surface area (Å²) in [5.41, 5.74) is 4.88. The molecule has 2 aliphatic heterocycles. The summed E-state index contributed by atoms with van der Waals surface area (Å²) in [5, 5.41) is 13.6. The van der Waals surface area contributed by atoms with Crippen LogP contribution in [0.1, 0.15) is 64.9 Å². The first-order valence-corrected chi connectivity index (χ1v) is 16.1. The zero-order valence-electron chi connectivity index (χ0n) is 25.9. The largest absolute Gasteiger partial charge is 0.366 e. The van der Waals surface area contributed by atoms with Crippen molar-refractivity contribution in [3.8, 4) is 11.4 Å². The van der Waals surface area contributed by atoms with Gasteiger partial charge < -0.3 is 16.0 Å². The van der Waals surface area contributed by atoms with E-state index in [2.05, 4.69) is 45.5 Å². The maximum absolute atomic E-state index is 6.64. The molecule has 8 heteroatoms. The second kappa shape index (κ2) is 14.3. The lowest BCUT2D eigenvalue weighted by molar-refractivity contribution is 0.367. The molecule has 4 heterocycles. The minimum Gasteiger partial charge on any atom is -0.366 e. The molecular weight excluding hydrogens is 554 g/mol. The van der Waals surface area contributed by atoms with E-state index in [4.69, 9.17) is 21.6 Å². The highest BCUT2D eigenvalue weighted by Crippen LogP contribution is 2.38. The van der Waals surface area contributed by atoms with E-state index < -0.39 is 0 Å². The number of rotatable bonds is 7. The molecule has 226 valence electrons. The lowest BCUT2D eigenvalue weighted by Crippen LogP contribution is -2.45. The van der Waals surface area contributed by atoms with E-state index in [0.29, 0.717) is 35.2 Å². The van der Waals surface area contributed by atoms with Crippen molar-refractivity contribution in [1.82, 2.24) is 20.3 Å². The Morgan fingerprint density at radius 3 is 2.74 bits per heavy atom. The van der Waals surface area contributed by atoms with Crippen LogP contribution in [0.15, 0.2) is 64.4 Å². The lowest BCUT2D eigenvalue weighted by atomic mass is 9.95. The summed E-state index contributed by atoms with van der Waals surface area (Å²) < 4.78 is 0. The Bertz CT molecular complexity index is 1600. The minimum atomic E-state index is 0.344. The number of hydrogen-bond donors (Lipinski definition) is 3. The van der Waals surface area contributed by atoms with Crippen LogP contribution in [-0.2, 0) is 0 Å². The lowest BCUT2D eigenvalue weighted by Gasteiger charge is -2.31. The van der Waals surface area contributed by atoms with Gasteiger partial charge in [-0.25, -0.2) is 15.0 Å². The van der Waals surface area contributed by atoms with Crippen molar-refractivity contribution < 1.29 is 0 Å². The summed E-state index contributed by atoms with van der Waals surface area (Å²) in [6.45, 7) is 14.6. The molecule has 4 aliphatic rings. The van der Waals surface area contributed by atoms with Crippen LogP contribution < -0.4 is 26.5 Å². The van der Waals surface area contributed by atoms with E-state index in [9.17, 15) is 0 Å². The van der Waals surface area contributed by atoms with Gasteiger partial charge in [-0.2, -0.15) is 0 Å². The van der Waals surface area contributed by atoms with Crippen LogP contribution in [0, 0.1) is 18.8 Å². The fourth-order valence-electron chi connectivity index (χ4n) is 5.84. The van der Waals surface area contributed by atoms with Crippen LogP contribution in [0.5, 0.6) is 0 Å². The maximum Gasteiger partial charge on any atom is 0.162 e. The van der Waals surface area contributed by atoms with E-state index >= 15 is 0 Å². The fraction of sp³-hybridized carbons (Fsp3) is 0.429. The van der Waals surface area contributed by atoms with Crippen LogP contribution in [0.25, 0.3) is 23.2 Å². The van der Waals surface area contributed by atoms with Gasteiger partial charge in [0.15, 0.2) is 5.82 Å². The van der Waals surface area contributed by atoms with Crippen LogP contribution in [0.4, 0.5) is 11.6 Å². The Labute approximate surface area is 260 Å². The van der Waals surface area contributed by atoms with Crippen molar-refractivity contribution in [1.29, 1.82) is 0 Å². The molecule has 0 amide bonds. The Morgan fingerprint density at radius 1 is 1.12 bits per heavy atom. The summed E-state index contributed by atoms with van der Waals surface area (Å²) in [4.78, 5) is 19.6. The summed E-state index contributed by atoms with van der Waals surface area (Å²) in [6.07, 6.45) is 19.9. The van der Waals surface area contributed by atoms with Crippen LogP contribution >= 0.6 is 11.6 Å². The number of piperidine rings is 1. The second-order valence-corrected chi connectivity index (χ2v) is 11.9. The first-order valence-electron chi connectivity index (χ1n) is 15.7. The highest BCUT2D eigenvalue weighted by Gasteiger charge is 2.29. The third-order valence-corrected chi connectivity index (χ3v) is 8.81. The molecule has 0 spiro atoms. The maximum atomic E-state index is 6.64. The third kappa shape index (κ3) is 7.16. The number of nitrogens with one attached hydrogen (secondary N) is 3. The molecule has 0 radical (unpaired) electrons. The Morgan fingerprint density at radius 2 is 1.95 bits per heavy atom. The third-order valence-electron chi connectivity index (χ3n) is 8.42. The Kier molecular flexibility index (Phi) is 10.3. The van der Waals surface area contributed by atoms with Gasteiger partial charge in [0.2, 0.25) is 0 Å². The van der Waals surface area contributed by atoms with E-state index in [1.807, 2.05) is 57.5 Å². The molecule has 0 aromatic carbocycles. The quantitative estimate of drug-likeness (QED) is 0.343. The second-order valence-electron chi connectivity index (χ2n) is 11.4. The van der Waals surface area contributed by atoms with Crippen molar-refractivity contribution >= 4 is 41.2 Å². The average molecular weight is 598 g/mol. The smallest absolute Gasteiger partial charge is 0.162 e. The van der Waals surface area contributed by atoms with E-state index in [1.165, 1.54) is 18.4 Å². The molecule has 2 unspecified atom stereocenters. The van der Waals surface area contributed by atoms with Crippen molar-refractivity contribution in [2.24, 2.45) is 16.8 Å². The molecule has 3 N–H and O–H groups in total. The summed E-state index contributed by atoms with van der Waals surface area (Å²) in [5.74, 6) is 3.39. The Balaban J connectivity index is 0.00000180. The molecule has 2 fully saturated rings. The van der Waals surface area contributed by atoms with Gasteiger partial charge in [-0.1, -0.05) is 63.3 Å².